The number of benzene rings is 3. The molecule has 9 rings (SSSR count). The summed E-state index contributed by atoms with van der Waals surface area (Å²) in [6.45, 7) is 4.97. The Bertz CT molecular complexity index is 3080. The van der Waals surface area contributed by atoms with Crippen LogP contribution in [0, 0.1) is 0 Å². The average molecular weight is 1020 g/mol. The fourth-order valence-corrected chi connectivity index (χ4v) is 13.5. The number of sulfonamides is 1. The van der Waals surface area contributed by atoms with Crippen molar-refractivity contribution in [2.24, 2.45) is 0 Å². The van der Waals surface area contributed by atoms with Crippen LogP contribution in [-0.2, 0) is 34.9 Å². The molecule has 19 nitrogen and oxygen atoms in total. The number of ether oxygens (including phenoxy) is 2. The van der Waals surface area contributed by atoms with Crippen molar-refractivity contribution >= 4 is 85.2 Å². The minimum Gasteiger partial charge on any atom is -0.479 e. The second-order valence-electron chi connectivity index (χ2n) is 18.8. The molecule has 0 saturated carbocycles. The molecule has 5 aromatic rings. The number of nitrogens with one attached hydrogen (secondary N) is 3. The highest BCUT2D eigenvalue weighted by Crippen LogP contribution is 2.46. The number of imidazole rings is 1. The lowest BCUT2D eigenvalue weighted by molar-refractivity contribution is -0.139. The molecule has 0 bridgehead atoms. The van der Waals surface area contributed by atoms with Crippen LogP contribution in [-0.4, -0.2) is 118 Å². The first-order valence-corrected chi connectivity index (χ1v) is 25.8. The van der Waals surface area contributed by atoms with E-state index >= 15 is 0 Å². The van der Waals surface area contributed by atoms with E-state index in [0.717, 1.165) is 16.9 Å². The number of urea groups is 1. The number of piperidine rings is 3. The van der Waals surface area contributed by atoms with Gasteiger partial charge in [-0.05, 0) is 105 Å². The lowest BCUT2D eigenvalue weighted by atomic mass is 9.89. The zero-order valence-electron chi connectivity index (χ0n) is 38.3. The van der Waals surface area contributed by atoms with Crippen LogP contribution in [0.4, 0.5) is 16.2 Å². The molecule has 2 aromatic heterocycles. The summed E-state index contributed by atoms with van der Waals surface area (Å²) < 4.78 is 43.5. The second-order valence-corrected chi connectivity index (χ2v) is 22.1. The third-order valence-electron chi connectivity index (χ3n) is 13.5. The Hall–Kier alpha value is -6.26. The first kappa shape index (κ1) is 48.8. The number of rotatable bonds is 14. The fraction of sp³-hybridized carbons (Fsp3) is 0.417. The van der Waals surface area contributed by atoms with Crippen LogP contribution >= 0.6 is 22.9 Å². The number of fused-ring (bicyclic) bond motifs is 1. The lowest BCUT2D eigenvalue weighted by Crippen LogP contribution is -2.55. The van der Waals surface area contributed by atoms with E-state index in [1.807, 2.05) is 38.1 Å². The molecule has 0 radical (unpaired) electrons. The van der Waals surface area contributed by atoms with E-state index < -0.39 is 46.1 Å². The van der Waals surface area contributed by atoms with Crippen molar-refractivity contribution in [2.45, 2.75) is 87.7 Å². The molecule has 4 fully saturated rings. The maximum atomic E-state index is 14.1. The maximum absolute atomic E-state index is 14.1. The average Bonchev–Trinajstić information content (AvgIpc) is 3.77. The van der Waals surface area contributed by atoms with Gasteiger partial charge in [0.1, 0.15) is 11.1 Å². The zero-order chi connectivity index (χ0) is 49.6. The minimum absolute atomic E-state index is 0.00435. The molecular weight excluding hydrogens is 966 g/mol. The van der Waals surface area contributed by atoms with Crippen LogP contribution in [0.25, 0.3) is 21.5 Å². The molecule has 22 heteroatoms. The normalized spacial score (nSPS) is 20.2. The van der Waals surface area contributed by atoms with Gasteiger partial charge in [-0.3, -0.25) is 24.0 Å². The van der Waals surface area contributed by atoms with Crippen LogP contribution in [0.5, 0.6) is 5.75 Å². The van der Waals surface area contributed by atoms with Gasteiger partial charge in [-0.2, -0.15) is 4.31 Å². The number of amides is 4. The molecule has 370 valence electrons. The topological polar surface area (TPSA) is 248 Å². The van der Waals surface area contributed by atoms with Gasteiger partial charge >= 0.3 is 23.7 Å². The van der Waals surface area contributed by atoms with Crippen LogP contribution in [0.3, 0.4) is 0 Å². The Morgan fingerprint density at radius 2 is 1.66 bits per heavy atom. The number of thiophene rings is 1. The van der Waals surface area contributed by atoms with E-state index in [-0.39, 0.29) is 76.4 Å². The van der Waals surface area contributed by atoms with Crippen LogP contribution in [0.2, 0.25) is 5.02 Å². The third-order valence-corrected chi connectivity index (χ3v) is 17.2. The van der Waals surface area contributed by atoms with Gasteiger partial charge < -0.3 is 35.2 Å². The first-order valence-electron chi connectivity index (χ1n) is 23.0. The van der Waals surface area contributed by atoms with Gasteiger partial charge in [0, 0.05) is 49.0 Å². The van der Waals surface area contributed by atoms with E-state index in [0.29, 0.717) is 90.4 Å². The third kappa shape index (κ3) is 9.89. The predicted molar refractivity (Wildman–Crippen MR) is 261 cm³/mol. The molecule has 4 aliphatic heterocycles. The number of imide groups is 1. The Balaban J connectivity index is 0.804. The van der Waals surface area contributed by atoms with Crippen molar-refractivity contribution in [1.82, 2.24) is 23.7 Å². The summed E-state index contributed by atoms with van der Waals surface area (Å²) >= 11 is 7.41. The highest BCUT2D eigenvalue weighted by molar-refractivity contribution is 7.88. The van der Waals surface area contributed by atoms with Crippen molar-refractivity contribution in [3.05, 3.63) is 98.2 Å². The Morgan fingerprint density at radius 1 is 0.914 bits per heavy atom. The number of aromatic nitrogens is 2. The molecule has 6 heterocycles. The summed E-state index contributed by atoms with van der Waals surface area (Å²) in [5.74, 6) is -3.79. The molecule has 4 aliphatic rings. The number of aromatic carboxylic acids is 1. The number of hydrogen-bond acceptors (Lipinski definition) is 12. The number of anilines is 2. The largest absolute Gasteiger partial charge is 0.479 e. The molecule has 4 saturated heterocycles. The smallest absolute Gasteiger partial charge is 0.349 e. The molecule has 3 aromatic carbocycles. The number of carbonyl (C=O) groups excluding carboxylic acids is 3. The Morgan fingerprint density at radius 3 is 2.34 bits per heavy atom. The van der Waals surface area contributed by atoms with E-state index in [1.54, 1.807) is 51.9 Å². The zero-order valence-corrected chi connectivity index (χ0v) is 40.7. The SMILES string of the molecule is CC1(C)C[C@H](Nc2cccc(-c3sc(C(=O)O)c(OCC(=O)O)c3Cl)c2)CCN1S(=O)(=O)Cc1cccc(NC(=O)N2CCC(c3ccc4c(c3)n(C3COC3)c(=O)n4C3CCC(=O)NC3=O)CC2)c1. The van der Waals surface area contributed by atoms with Crippen molar-refractivity contribution < 1.29 is 52.1 Å². The number of aliphatic carboxylic acids is 1. The molecule has 2 atom stereocenters. The van der Waals surface area contributed by atoms with Gasteiger partial charge in [-0.15, -0.1) is 11.3 Å². The van der Waals surface area contributed by atoms with Crippen molar-refractivity contribution in [1.29, 1.82) is 0 Å². The number of halogens is 1. The van der Waals surface area contributed by atoms with Gasteiger partial charge in [0.15, 0.2) is 17.2 Å². The highest BCUT2D eigenvalue weighted by atomic mass is 35.5. The molecule has 70 heavy (non-hydrogen) atoms. The van der Waals surface area contributed by atoms with Crippen molar-refractivity contribution in [3.63, 3.8) is 0 Å². The molecule has 0 aliphatic carbocycles. The molecular formula is C48H52ClN7O12S2. The van der Waals surface area contributed by atoms with E-state index in [4.69, 9.17) is 26.2 Å². The molecule has 5 N–H and O–H groups in total. The van der Waals surface area contributed by atoms with Crippen LogP contribution < -0.4 is 26.4 Å². The maximum Gasteiger partial charge on any atom is 0.349 e. The fourth-order valence-electron chi connectivity index (χ4n) is 10.1. The number of carbonyl (C=O) groups is 5. The van der Waals surface area contributed by atoms with Gasteiger partial charge in [0.25, 0.3) is 0 Å². The number of nitrogens with zero attached hydrogens (tertiary/aromatic N) is 4. The van der Waals surface area contributed by atoms with E-state index in [9.17, 15) is 42.3 Å². The summed E-state index contributed by atoms with van der Waals surface area (Å²) in [4.78, 5) is 77.1. The van der Waals surface area contributed by atoms with Crippen molar-refractivity contribution in [2.75, 3.05) is 50.1 Å². The number of carboxylic acids is 2. The number of carboxylic acid groups (broad SMARTS) is 2. The minimum atomic E-state index is -3.82. The second kappa shape index (κ2) is 19.5. The van der Waals surface area contributed by atoms with Gasteiger partial charge in [0.2, 0.25) is 21.8 Å². The van der Waals surface area contributed by atoms with E-state index in [1.165, 1.54) is 8.87 Å². The molecule has 4 amide bonds. The molecule has 0 spiro atoms. The number of hydrogen-bond donors (Lipinski definition) is 5. The quantitative estimate of drug-likeness (QED) is 0.0748. The Kier molecular flexibility index (Phi) is 13.6. The monoisotopic (exact) mass is 1020 g/mol. The summed E-state index contributed by atoms with van der Waals surface area (Å²) in [6, 6.07) is 18.5. The molecule has 1 unspecified atom stereocenters. The van der Waals surface area contributed by atoms with Gasteiger partial charge in [-0.25, -0.2) is 27.6 Å². The summed E-state index contributed by atoms with van der Waals surface area (Å²) in [5, 5.41) is 27.6. The highest BCUT2D eigenvalue weighted by Gasteiger charge is 2.42. The van der Waals surface area contributed by atoms with Crippen molar-refractivity contribution in [3.8, 4) is 16.2 Å². The lowest BCUT2D eigenvalue weighted by Gasteiger charge is -2.45. The summed E-state index contributed by atoms with van der Waals surface area (Å²) in [5.41, 5.74) is 3.56. The van der Waals surface area contributed by atoms with Crippen LogP contribution in [0.1, 0.15) is 91.2 Å². The summed E-state index contributed by atoms with van der Waals surface area (Å²) in [7, 11) is -3.82. The summed E-state index contributed by atoms with van der Waals surface area (Å²) in [6.07, 6.45) is 2.70. The van der Waals surface area contributed by atoms with Gasteiger partial charge in [0.05, 0.1) is 40.9 Å². The van der Waals surface area contributed by atoms with Gasteiger partial charge in [-0.1, -0.05) is 41.9 Å². The van der Waals surface area contributed by atoms with E-state index in [2.05, 4.69) is 16.0 Å². The Labute approximate surface area is 411 Å². The standard InChI is InChI=1S/C48H52ClN7O12S2/c1-48(2)22-33(50-32-8-4-6-30(20-32)42-40(49)41(68-25-39(58)59)43(69-42)45(61)62)15-18-54(48)70(65,66)26-27-5-3-7-31(19-27)51-46(63)53-16-13-28(14-17-53)29-9-10-35-37(21-29)55(34-23-67-24-34)47(64)56(35)36-11-12-38(57)52-44(36)60/h3-10,19-21,28,33-34,36,50H,11-18,22-26H2,1-2H3,(H,51,63)(H,58,59)(H,61,62)(H,52,57,60)/t33-,36?/m1/s1. The number of likely N-dealkylation sites (tertiary alicyclic amines) is 1. The predicted octanol–water partition coefficient (Wildman–Crippen LogP) is 6.49. The van der Waals surface area contributed by atoms with Crippen LogP contribution in [0.15, 0.2) is 71.5 Å². The first-order chi connectivity index (χ1) is 33.4.